The predicted octanol–water partition coefficient (Wildman–Crippen LogP) is 1.42. The molecule has 1 aromatic carbocycles. The monoisotopic (exact) mass is 358 g/mol. The summed E-state index contributed by atoms with van der Waals surface area (Å²) in [6.07, 6.45) is 4.23. The Kier molecular flexibility index (Phi) is 3.83. The first-order valence-corrected chi connectivity index (χ1v) is 9.71. The molecular weight excluding hydrogens is 340 g/mol. The number of hydrogen-bond donors (Lipinski definition) is 0. The summed E-state index contributed by atoms with van der Waals surface area (Å²) in [7, 11) is 0. The van der Waals surface area contributed by atoms with Crippen LogP contribution >= 0.6 is 0 Å². The van der Waals surface area contributed by atoms with Crippen molar-refractivity contribution in [3.63, 3.8) is 0 Å². The zero-order valence-corrected chi connectivity index (χ0v) is 13.2. The Morgan fingerprint density at radius 1 is 0.941 bits per heavy atom. The zero-order chi connectivity index (χ0) is 11.5. The molecule has 2 aromatic rings. The first kappa shape index (κ1) is 11.7. The van der Waals surface area contributed by atoms with Crippen molar-refractivity contribution in [2.75, 3.05) is 13.1 Å². The number of rotatable bonds is 1. The van der Waals surface area contributed by atoms with Crippen LogP contribution in [0.5, 0.6) is 0 Å². The van der Waals surface area contributed by atoms with Gasteiger partial charge >= 0.3 is 114 Å². The second-order valence-corrected chi connectivity index (χ2v) is 9.65. The molecule has 17 heavy (non-hydrogen) atoms. The van der Waals surface area contributed by atoms with Crippen LogP contribution in [-0.4, -0.2) is 42.1 Å². The van der Waals surface area contributed by atoms with Crippen LogP contribution in [0.25, 0.3) is 10.0 Å². The summed E-state index contributed by atoms with van der Waals surface area (Å²) in [4.78, 5) is 2.51. The third-order valence-corrected chi connectivity index (χ3v) is 9.67. The minimum atomic E-state index is 0.596. The van der Waals surface area contributed by atoms with Crippen molar-refractivity contribution >= 4 is 29.0 Å². The fraction of sp³-hybridized carbons (Fsp3) is 0.357. The Hall–Kier alpha value is -0.331. The van der Waals surface area contributed by atoms with Crippen LogP contribution in [0, 0.1) is 0 Å². The van der Waals surface area contributed by atoms with E-state index in [1.807, 2.05) is 0 Å². The molecule has 1 aliphatic heterocycles. The van der Waals surface area contributed by atoms with Gasteiger partial charge in [-0.2, -0.15) is 0 Å². The van der Waals surface area contributed by atoms with Crippen LogP contribution in [0.1, 0.15) is 19.3 Å². The second-order valence-electron chi connectivity index (χ2n) is 4.38. The van der Waals surface area contributed by atoms with Gasteiger partial charge in [-0.1, -0.05) is 0 Å². The molecule has 1 nitrogen and oxygen atoms in total. The van der Waals surface area contributed by atoms with E-state index >= 15 is 0 Å². The molecule has 3 rings (SSSR count). The van der Waals surface area contributed by atoms with Crippen molar-refractivity contribution in [1.82, 2.24) is 4.58 Å². The summed E-state index contributed by atoms with van der Waals surface area (Å²) in [6, 6.07) is 10.9. The molecule has 0 aliphatic carbocycles. The van der Waals surface area contributed by atoms with Crippen LogP contribution in [0.4, 0.5) is 0 Å². The third-order valence-electron chi connectivity index (χ3n) is 3.14. The number of benzene rings is 1. The Morgan fingerprint density at radius 2 is 1.71 bits per heavy atom. The molecule has 0 spiro atoms. The first-order valence-electron chi connectivity index (χ1n) is 6.15. The van der Waals surface area contributed by atoms with Gasteiger partial charge in [-0.05, 0) is 0 Å². The van der Waals surface area contributed by atoms with Gasteiger partial charge in [-0.3, -0.25) is 0 Å². The normalized spacial score (nSPS) is 16.1. The molecule has 0 radical (unpaired) electrons. The van der Waals surface area contributed by atoms with E-state index in [0.717, 1.165) is 0 Å². The van der Waals surface area contributed by atoms with E-state index in [1.165, 1.54) is 37.9 Å². The standard InChI is InChI=1S/C14H16NSe2/c1-3-7-12(8-4-1)13-11-16-14(17-13)15-9-5-2-6-10-15/h1,3-4,7-8,11H,2,5-6,9-10H2/q+1. The van der Waals surface area contributed by atoms with Crippen LogP contribution in [0.2, 0.25) is 0 Å². The van der Waals surface area contributed by atoms with Gasteiger partial charge in [0.05, 0.1) is 0 Å². The first-order chi connectivity index (χ1) is 8.43. The van der Waals surface area contributed by atoms with Gasteiger partial charge in [0.15, 0.2) is 0 Å². The zero-order valence-electron chi connectivity index (χ0n) is 9.76. The molecule has 2 heterocycles. The van der Waals surface area contributed by atoms with Gasteiger partial charge in [0.25, 0.3) is 0 Å². The Balaban J connectivity index is 1.98. The molecule has 0 unspecified atom stereocenters. The van der Waals surface area contributed by atoms with Crippen LogP contribution in [0.15, 0.2) is 35.3 Å². The van der Waals surface area contributed by atoms with Gasteiger partial charge < -0.3 is 0 Å². The molecule has 0 N–H and O–H groups in total. The van der Waals surface area contributed by atoms with Crippen molar-refractivity contribution in [3.05, 3.63) is 38.4 Å². The predicted molar refractivity (Wildman–Crippen MR) is 74.6 cm³/mol. The Morgan fingerprint density at radius 3 is 2.47 bits per heavy atom. The van der Waals surface area contributed by atoms with Gasteiger partial charge in [-0.25, -0.2) is 0 Å². The SMILES string of the molecule is c1ccc(-c2c[se]c(=[N+]3CCCCC3)[se]2)cc1. The van der Waals surface area contributed by atoms with E-state index in [0.29, 0.717) is 29.0 Å². The molecule has 1 aromatic heterocycles. The molecular formula is C14H16NSe2+. The van der Waals surface area contributed by atoms with E-state index in [-0.39, 0.29) is 0 Å². The quantitative estimate of drug-likeness (QED) is 0.537. The van der Waals surface area contributed by atoms with Crippen LogP contribution in [0.3, 0.4) is 0 Å². The fourth-order valence-electron chi connectivity index (χ4n) is 2.19. The van der Waals surface area contributed by atoms with Crippen LogP contribution in [-0.2, 0) is 0 Å². The maximum absolute atomic E-state index is 2.68. The van der Waals surface area contributed by atoms with Gasteiger partial charge in [0.2, 0.25) is 0 Å². The maximum atomic E-state index is 2.68. The Bertz CT molecular complexity index is 543. The van der Waals surface area contributed by atoms with Crippen molar-refractivity contribution in [1.29, 1.82) is 0 Å². The Labute approximate surface area is 114 Å². The molecule has 0 saturated carbocycles. The van der Waals surface area contributed by atoms with Crippen molar-refractivity contribution in [2.45, 2.75) is 19.3 Å². The van der Waals surface area contributed by atoms with Crippen molar-refractivity contribution in [2.24, 2.45) is 0 Å². The molecule has 0 amide bonds. The molecule has 3 heteroatoms. The van der Waals surface area contributed by atoms with Crippen LogP contribution < -0.4 is 7.68 Å². The average Bonchev–Trinajstić information content (AvgIpc) is 2.90. The fourth-order valence-corrected chi connectivity index (χ4v) is 8.47. The number of hydrogen-bond acceptors (Lipinski definition) is 0. The molecule has 1 aliphatic rings. The molecule has 1 saturated heterocycles. The van der Waals surface area contributed by atoms with Gasteiger partial charge in [0, 0.05) is 0 Å². The molecule has 0 bridgehead atoms. The van der Waals surface area contributed by atoms with E-state index in [9.17, 15) is 0 Å². The molecule has 88 valence electrons. The summed E-state index contributed by atoms with van der Waals surface area (Å²) >= 11 is 1.22. The van der Waals surface area contributed by atoms with Gasteiger partial charge in [-0.15, -0.1) is 0 Å². The average molecular weight is 356 g/mol. The molecule has 1 fully saturated rings. The summed E-state index contributed by atoms with van der Waals surface area (Å²) in [6.45, 7) is 2.63. The third kappa shape index (κ3) is 2.74. The summed E-state index contributed by atoms with van der Waals surface area (Å²) in [5.41, 5.74) is 1.45. The summed E-state index contributed by atoms with van der Waals surface area (Å²) in [5.74, 6) is 0. The number of piperidine rings is 1. The molecule has 0 atom stereocenters. The summed E-state index contributed by atoms with van der Waals surface area (Å²) in [5, 5.41) is 0. The van der Waals surface area contributed by atoms with Gasteiger partial charge in [0.1, 0.15) is 0 Å². The van der Waals surface area contributed by atoms with E-state index < -0.39 is 0 Å². The summed E-state index contributed by atoms with van der Waals surface area (Å²) < 4.78 is 6.05. The van der Waals surface area contributed by atoms with E-state index in [4.69, 9.17) is 0 Å². The van der Waals surface area contributed by atoms with Crippen molar-refractivity contribution < 1.29 is 0 Å². The number of nitrogens with zero attached hydrogens (tertiary/aromatic N) is 1. The second kappa shape index (κ2) is 5.54. The minimum absolute atomic E-state index is 0.596. The topological polar surface area (TPSA) is 3.01 Å². The van der Waals surface area contributed by atoms with E-state index in [1.54, 1.807) is 7.54 Å². The van der Waals surface area contributed by atoms with E-state index in [2.05, 4.69) is 39.8 Å². The van der Waals surface area contributed by atoms with Crippen molar-refractivity contribution in [3.8, 4) is 10.0 Å².